The summed E-state index contributed by atoms with van der Waals surface area (Å²) in [6, 6.07) is 0.304. The summed E-state index contributed by atoms with van der Waals surface area (Å²) in [4.78, 5) is 0. The molecule has 0 aromatic carbocycles. The van der Waals surface area contributed by atoms with Crippen molar-refractivity contribution in [2.24, 2.45) is 11.1 Å². The maximum atomic E-state index is 5.57. The van der Waals surface area contributed by atoms with E-state index < -0.39 is 0 Å². The first-order valence-corrected chi connectivity index (χ1v) is 3.89. The third kappa shape index (κ3) is 4.02. The van der Waals surface area contributed by atoms with Crippen molar-refractivity contribution < 1.29 is 0 Å². The van der Waals surface area contributed by atoms with Gasteiger partial charge in [-0.25, -0.2) is 0 Å². The van der Waals surface area contributed by atoms with Crippen LogP contribution in [0.1, 0.15) is 20.8 Å². The fourth-order valence-electron chi connectivity index (χ4n) is 0.925. The molecule has 11 heavy (non-hydrogen) atoms. The van der Waals surface area contributed by atoms with E-state index >= 15 is 0 Å². The fourth-order valence-corrected chi connectivity index (χ4v) is 0.925. The molecule has 1 unspecified atom stereocenters. The summed E-state index contributed by atoms with van der Waals surface area (Å²) in [7, 11) is 0. The summed E-state index contributed by atoms with van der Waals surface area (Å²) in [6.07, 6.45) is 5.12. The molecule has 2 nitrogen and oxygen atoms in total. The van der Waals surface area contributed by atoms with Gasteiger partial charge in [0.05, 0.1) is 6.54 Å². The quantitative estimate of drug-likeness (QED) is 0.584. The van der Waals surface area contributed by atoms with Crippen LogP contribution in [-0.2, 0) is 0 Å². The van der Waals surface area contributed by atoms with Gasteiger partial charge in [-0.1, -0.05) is 26.7 Å². The average molecular weight is 154 g/mol. The zero-order valence-corrected chi connectivity index (χ0v) is 7.65. The molecule has 0 heterocycles. The first kappa shape index (κ1) is 10.5. The lowest BCUT2D eigenvalue weighted by molar-refractivity contribution is 0.282. The Labute approximate surface area is 69.5 Å². The summed E-state index contributed by atoms with van der Waals surface area (Å²) in [5, 5.41) is 3.20. The molecule has 0 aromatic rings. The highest BCUT2D eigenvalue weighted by Crippen LogP contribution is 2.17. The van der Waals surface area contributed by atoms with Gasteiger partial charge in [-0.2, -0.15) is 0 Å². The largest absolute Gasteiger partial charge is 0.329 e. The van der Waals surface area contributed by atoms with Crippen LogP contribution in [0.4, 0.5) is 0 Å². The lowest BCUT2D eigenvalue weighted by Crippen LogP contribution is -2.45. The molecule has 1 atom stereocenters. The maximum Gasteiger partial charge on any atom is 0.0576 e. The molecule has 0 saturated carbocycles. The highest BCUT2D eigenvalue weighted by Gasteiger charge is 2.21. The topological polar surface area (TPSA) is 38.0 Å². The van der Waals surface area contributed by atoms with Crippen LogP contribution in [0.3, 0.4) is 0 Å². The Morgan fingerprint density at radius 2 is 2.09 bits per heavy atom. The third-order valence-electron chi connectivity index (χ3n) is 1.73. The predicted molar refractivity (Wildman–Crippen MR) is 49.1 cm³/mol. The minimum Gasteiger partial charge on any atom is -0.329 e. The Bertz CT molecular complexity index is 139. The monoisotopic (exact) mass is 154 g/mol. The average Bonchev–Trinajstić information content (AvgIpc) is 1.87. The number of hydrogen-bond acceptors (Lipinski definition) is 2. The van der Waals surface area contributed by atoms with Crippen LogP contribution in [0.15, 0.2) is 0 Å². The number of nitrogens with two attached hydrogens (primary N) is 1. The molecule has 64 valence electrons. The number of terminal acetylenes is 1. The SMILES string of the molecule is C#CCNC(CN)C(C)(C)C. The molecular weight excluding hydrogens is 136 g/mol. The van der Waals surface area contributed by atoms with E-state index in [9.17, 15) is 0 Å². The van der Waals surface area contributed by atoms with Gasteiger partial charge in [0, 0.05) is 12.6 Å². The first-order valence-electron chi connectivity index (χ1n) is 3.89. The Morgan fingerprint density at radius 3 is 2.36 bits per heavy atom. The van der Waals surface area contributed by atoms with E-state index in [0.29, 0.717) is 19.1 Å². The minimum absolute atomic E-state index is 0.186. The van der Waals surface area contributed by atoms with E-state index in [1.807, 2.05) is 0 Å². The highest BCUT2D eigenvalue weighted by molar-refractivity contribution is 4.91. The second kappa shape index (κ2) is 4.38. The van der Waals surface area contributed by atoms with Crippen molar-refractivity contribution in [3.63, 3.8) is 0 Å². The molecule has 3 N–H and O–H groups in total. The first-order chi connectivity index (χ1) is 5.02. The van der Waals surface area contributed by atoms with E-state index in [4.69, 9.17) is 12.2 Å². The predicted octanol–water partition coefficient (Wildman–Crippen LogP) is 0.583. The standard InChI is InChI=1S/C9H18N2/c1-5-6-11-8(7-10)9(2,3)4/h1,8,11H,6-7,10H2,2-4H3. The third-order valence-corrected chi connectivity index (χ3v) is 1.73. The van der Waals surface area contributed by atoms with Crippen molar-refractivity contribution in [2.45, 2.75) is 26.8 Å². The van der Waals surface area contributed by atoms with Crippen molar-refractivity contribution in [3.05, 3.63) is 0 Å². The van der Waals surface area contributed by atoms with E-state index in [2.05, 4.69) is 32.0 Å². The molecule has 0 amide bonds. The number of hydrogen-bond donors (Lipinski definition) is 2. The van der Waals surface area contributed by atoms with Gasteiger partial charge >= 0.3 is 0 Å². The van der Waals surface area contributed by atoms with Crippen LogP contribution in [0.2, 0.25) is 0 Å². The van der Waals surface area contributed by atoms with Crippen LogP contribution in [0.25, 0.3) is 0 Å². The number of nitrogens with one attached hydrogen (secondary N) is 1. The van der Waals surface area contributed by atoms with Gasteiger partial charge in [-0.05, 0) is 5.41 Å². The summed E-state index contributed by atoms with van der Waals surface area (Å²) in [5.74, 6) is 2.54. The van der Waals surface area contributed by atoms with Gasteiger partial charge in [0.15, 0.2) is 0 Å². The molecule has 0 rings (SSSR count). The van der Waals surface area contributed by atoms with Crippen molar-refractivity contribution in [3.8, 4) is 12.3 Å². The van der Waals surface area contributed by atoms with Gasteiger partial charge in [0.2, 0.25) is 0 Å². The molecule has 0 aliphatic heterocycles. The van der Waals surface area contributed by atoms with Crippen LogP contribution >= 0.6 is 0 Å². The second-order valence-corrected chi connectivity index (χ2v) is 3.74. The van der Waals surface area contributed by atoms with E-state index in [1.54, 1.807) is 0 Å². The molecule has 0 fully saturated rings. The van der Waals surface area contributed by atoms with Gasteiger partial charge in [0.25, 0.3) is 0 Å². The smallest absolute Gasteiger partial charge is 0.0576 e. The van der Waals surface area contributed by atoms with Crippen molar-refractivity contribution in [1.29, 1.82) is 0 Å². The van der Waals surface area contributed by atoms with Crippen molar-refractivity contribution >= 4 is 0 Å². The Morgan fingerprint density at radius 1 is 1.55 bits per heavy atom. The second-order valence-electron chi connectivity index (χ2n) is 3.74. The summed E-state index contributed by atoms with van der Waals surface area (Å²) in [5.41, 5.74) is 5.75. The van der Waals surface area contributed by atoms with Crippen molar-refractivity contribution in [1.82, 2.24) is 5.32 Å². The van der Waals surface area contributed by atoms with E-state index in [0.717, 1.165) is 0 Å². The van der Waals surface area contributed by atoms with Crippen molar-refractivity contribution in [2.75, 3.05) is 13.1 Å². The molecular formula is C9H18N2. The zero-order valence-electron chi connectivity index (χ0n) is 7.65. The molecule has 0 aliphatic carbocycles. The molecule has 0 saturated heterocycles. The van der Waals surface area contributed by atoms with Gasteiger partial charge in [-0.15, -0.1) is 6.42 Å². The van der Waals surface area contributed by atoms with Crippen LogP contribution in [-0.4, -0.2) is 19.1 Å². The van der Waals surface area contributed by atoms with Crippen LogP contribution in [0.5, 0.6) is 0 Å². The molecule has 0 radical (unpaired) electrons. The fraction of sp³-hybridized carbons (Fsp3) is 0.778. The molecule has 0 aromatic heterocycles. The van der Waals surface area contributed by atoms with Crippen LogP contribution in [0, 0.1) is 17.8 Å². The summed E-state index contributed by atoms with van der Waals surface area (Å²) >= 11 is 0. The summed E-state index contributed by atoms with van der Waals surface area (Å²) in [6.45, 7) is 7.67. The van der Waals surface area contributed by atoms with E-state index in [-0.39, 0.29) is 5.41 Å². The lowest BCUT2D eigenvalue weighted by Gasteiger charge is -2.29. The van der Waals surface area contributed by atoms with Crippen LogP contribution < -0.4 is 11.1 Å². The maximum absolute atomic E-state index is 5.57. The van der Waals surface area contributed by atoms with E-state index in [1.165, 1.54) is 0 Å². The molecule has 0 bridgehead atoms. The highest BCUT2D eigenvalue weighted by atomic mass is 14.9. The Kier molecular flexibility index (Phi) is 4.17. The minimum atomic E-state index is 0.186. The van der Waals surface area contributed by atoms with Gasteiger partial charge in [-0.3, -0.25) is 0 Å². The van der Waals surface area contributed by atoms with Gasteiger partial charge in [0.1, 0.15) is 0 Å². The zero-order chi connectivity index (χ0) is 8.91. The van der Waals surface area contributed by atoms with Gasteiger partial charge < -0.3 is 11.1 Å². The number of rotatable bonds is 3. The molecule has 2 heteroatoms. The Balaban J connectivity index is 3.88. The Hall–Kier alpha value is -0.520. The molecule has 0 spiro atoms. The molecule has 0 aliphatic rings. The normalized spacial score (nSPS) is 14.1. The lowest BCUT2D eigenvalue weighted by atomic mass is 9.87. The summed E-state index contributed by atoms with van der Waals surface area (Å²) < 4.78 is 0.